The zero-order chi connectivity index (χ0) is 27.0. The van der Waals surface area contributed by atoms with Crippen LogP contribution in [0.4, 0.5) is 5.13 Å². The number of aryl methyl sites for hydroxylation is 1. The van der Waals surface area contributed by atoms with E-state index in [4.69, 9.17) is 18.6 Å². The first-order valence-corrected chi connectivity index (χ1v) is 12.7. The van der Waals surface area contributed by atoms with Crippen molar-refractivity contribution < 1.29 is 28.2 Å². The number of esters is 1. The third-order valence-electron chi connectivity index (χ3n) is 6.09. The highest BCUT2D eigenvalue weighted by Crippen LogP contribution is 2.44. The second kappa shape index (κ2) is 10.1. The number of carbonyl (C=O) groups excluding carboxylic acids is 2. The molecule has 0 radical (unpaired) electrons. The van der Waals surface area contributed by atoms with Gasteiger partial charge < -0.3 is 18.6 Å². The van der Waals surface area contributed by atoms with Crippen LogP contribution in [0, 0.1) is 6.92 Å². The van der Waals surface area contributed by atoms with Gasteiger partial charge in [-0.1, -0.05) is 42.2 Å². The fourth-order valence-corrected chi connectivity index (χ4v) is 5.42. The number of amides is 1. The van der Waals surface area contributed by atoms with Crippen molar-refractivity contribution in [3.05, 3.63) is 92.8 Å². The first-order valence-electron chi connectivity index (χ1n) is 11.8. The zero-order valence-corrected chi connectivity index (χ0v) is 21.8. The maximum atomic E-state index is 13.8. The van der Waals surface area contributed by atoms with Crippen LogP contribution in [0.2, 0.25) is 0 Å². The van der Waals surface area contributed by atoms with E-state index in [1.807, 2.05) is 6.92 Å². The Labute approximate surface area is 221 Å². The Kier molecular flexibility index (Phi) is 6.73. The Balaban J connectivity index is 1.72. The predicted octanol–water partition coefficient (Wildman–Crippen LogP) is 5.06. The molecule has 0 fully saturated rings. The number of para-hydroxylation sites is 1. The Bertz CT molecular complexity index is 1640. The molecule has 0 bridgehead atoms. The quantitative estimate of drug-likeness (QED) is 0.229. The molecule has 0 unspecified atom stereocenters. The van der Waals surface area contributed by atoms with E-state index in [2.05, 4.69) is 11.6 Å². The van der Waals surface area contributed by atoms with Gasteiger partial charge in [0.25, 0.3) is 5.91 Å². The minimum Gasteiger partial charge on any atom is -0.493 e. The summed E-state index contributed by atoms with van der Waals surface area (Å²) in [7, 11) is 1.51. The smallest absolute Gasteiger partial charge is 0.350 e. The van der Waals surface area contributed by atoms with Crippen molar-refractivity contribution in [3.8, 4) is 11.5 Å². The molecule has 0 saturated carbocycles. The van der Waals surface area contributed by atoms with Gasteiger partial charge in [-0.15, -0.1) is 0 Å². The largest absolute Gasteiger partial charge is 0.493 e. The number of benzene rings is 2. The number of thiazole rings is 1. The molecule has 10 heteroatoms. The van der Waals surface area contributed by atoms with Crippen LogP contribution in [-0.2, 0) is 4.74 Å². The maximum Gasteiger partial charge on any atom is 0.350 e. The molecule has 3 heterocycles. The lowest BCUT2D eigenvalue weighted by Gasteiger charge is -2.23. The van der Waals surface area contributed by atoms with Gasteiger partial charge in [0.2, 0.25) is 5.76 Å². The molecule has 2 aromatic carbocycles. The summed E-state index contributed by atoms with van der Waals surface area (Å²) in [5.41, 5.74) is 1.15. The molecule has 2 aromatic heterocycles. The lowest BCUT2D eigenvalue weighted by molar-refractivity contribution is 0.0554. The molecule has 1 amide bonds. The number of ether oxygens (including phenoxy) is 3. The van der Waals surface area contributed by atoms with Gasteiger partial charge in [-0.05, 0) is 43.7 Å². The molecule has 0 saturated heterocycles. The van der Waals surface area contributed by atoms with Gasteiger partial charge in [-0.2, -0.15) is 0 Å². The molecule has 0 aliphatic carbocycles. The maximum absolute atomic E-state index is 13.8. The van der Waals surface area contributed by atoms with E-state index >= 15 is 0 Å². The number of methoxy groups -OCH3 is 1. The summed E-state index contributed by atoms with van der Waals surface area (Å²) in [6.07, 6.45) is 1.47. The van der Waals surface area contributed by atoms with Gasteiger partial charge >= 0.3 is 5.97 Å². The number of nitrogens with zero attached hydrogens (tertiary/aromatic N) is 2. The molecule has 0 N–H and O–H groups in total. The normalized spacial score (nSPS) is 14.4. The van der Waals surface area contributed by atoms with E-state index in [0.29, 0.717) is 40.3 Å². The number of hydrogen-bond acceptors (Lipinski definition) is 9. The van der Waals surface area contributed by atoms with Gasteiger partial charge in [-0.3, -0.25) is 14.5 Å². The average Bonchev–Trinajstić information content (AvgIpc) is 3.45. The van der Waals surface area contributed by atoms with Crippen molar-refractivity contribution in [1.82, 2.24) is 4.98 Å². The molecule has 4 aromatic rings. The summed E-state index contributed by atoms with van der Waals surface area (Å²) in [6.45, 7) is 7.55. The summed E-state index contributed by atoms with van der Waals surface area (Å²) in [6, 6.07) is 11.1. The van der Waals surface area contributed by atoms with Crippen molar-refractivity contribution >= 4 is 39.3 Å². The highest BCUT2D eigenvalue weighted by atomic mass is 32.1. The van der Waals surface area contributed by atoms with E-state index in [-0.39, 0.29) is 33.4 Å². The lowest BCUT2D eigenvalue weighted by atomic mass is 9.98. The molecular formula is C28H24N2O7S. The molecule has 9 nitrogen and oxygen atoms in total. The standard InChI is InChI=1S/C28H24N2O7S/c1-5-13-36-27(33)25-15(3)29-28(38-25)30-22(16-11-12-19(35-6-2)20(14-16)34-4)21-23(31)17-9-7-8-10-18(17)37-24(21)26(30)32/h5,7-12,14,22H,1,6,13H2,2-4H3/t22-/m1/s1. The second-order valence-corrected chi connectivity index (χ2v) is 9.37. The minimum absolute atomic E-state index is 0.0409. The SMILES string of the molecule is C=CCOC(=O)c1sc(N2C(=O)c3oc4ccccc4c(=O)c3[C@H]2c2ccc(OCC)c(OC)c2)nc1C. The van der Waals surface area contributed by atoms with Gasteiger partial charge in [0.05, 0.1) is 36.4 Å². The van der Waals surface area contributed by atoms with Crippen molar-refractivity contribution in [1.29, 1.82) is 0 Å². The molecule has 38 heavy (non-hydrogen) atoms. The summed E-state index contributed by atoms with van der Waals surface area (Å²) < 4.78 is 22.4. The topological polar surface area (TPSA) is 108 Å². The van der Waals surface area contributed by atoms with Gasteiger partial charge in [0.1, 0.15) is 17.1 Å². The number of anilines is 1. The van der Waals surface area contributed by atoms with Gasteiger partial charge in [-0.25, -0.2) is 9.78 Å². The molecule has 0 spiro atoms. The number of carbonyl (C=O) groups is 2. The molecule has 1 aliphatic rings. The van der Waals surface area contributed by atoms with Crippen LogP contribution in [-0.4, -0.2) is 37.2 Å². The van der Waals surface area contributed by atoms with E-state index in [1.165, 1.54) is 18.1 Å². The number of fused-ring (bicyclic) bond motifs is 2. The fraction of sp³-hybridized carbons (Fsp3) is 0.214. The molecule has 1 aliphatic heterocycles. The summed E-state index contributed by atoms with van der Waals surface area (Å²) >= 11 is 1.00. The number of hydrogen-bond donors (Lipinski definition) is 0. The Morgan fingerprint density at radius 1 is 1.21 bits per heavy atom. The van der Waals surface area contributed by atoms with Crippen LogP contribution < -0.4 is 19.8 Å². The average molecular weight is 533 g/mol. The van der Waals surface area contributed by atoms with Crippen LogP contribution in [0.25, 0.3) is 11.0 Å². The van der Waals surface area contributed by atoms with Crippen LogP contribution in [0.3, 0.4) is 0 Å². The zero-order valence-electron chi connectivity index (χ0n) is 21.0. The third kappa shape index (κ3) is 4.12. The highest BCUT2D eigenvalue weighted by Gasteiger charge is 2.45. The van der Waals surface area contributed by atoms with Gasteiger partial charge in [0.15, 0.2) is 22.1 Å². The number of aromatic nitrogens is 1. The van der Waals surface area contributed by atoms with Crippen molar-refractivity contribution in [2.24, 2.45) is 0 Å². The molecule has 5 rings (SSSR count). The Morgan fingerprint density at radius 3 is 2.74 bits per heavy atom. The summed E-state index contributed by atoms with van der Waals surface area (Å²) in [5, 5.41) is 0.582. The minimum atomic E-state index is -0.884. The van der Waals surface area contributed by atoms with Crippen LogP contribution >= 0.6 is 11.3 Å². The van der Waals surface area contributed by atoms with E-state index in [0.717, 1.165) is 11.3 Å². The first-order chi connectivity index (χ1) is 18.4. The van der Waals surface area contributed by atoms with Crippen LogP contribution in [0.1, 0.15) is 50.0 Å². The second-order valence-electron chi connectivity index (χ2n) is 8.39. The van der Waals surface area contributed by atoms with E-state index < -0.39 is 17.9 Å². The van der Waals surface area contributed by atoms with Crippen molar-refractivity contribution in [3.63, 3.8) is 0 Å². The first kappa shape index (κ1) is 25.2. The van der Waals surface area contributed by atoms with E-state index in [1.54, 1.807) is 49.4 Å². The lowest BCUT2D eigenvalue weighted by Crippen LogP contribution is -2.29. The van der Waals surface area contributed by atoms with Crippen molar-refractivity contribution in [2.75, 3.05) is 25.2 Å². The Morgan fingerprint density at radius 2 is 2.00 bits per heavy atom. The summed E-state index contributed by atoms with van der Waals surface area (Å²) in [5.74, 6) is -0.220. The molecular weight excluding hydrogens is 508 g/mol. The summed E-state index contributed by atoms with van der Waals surface area (Å²) in [4.78, 5) is 46.3. The molecule has 194 valence electrons. The van der Waals surface area contributed by atoms with Crippen LogP contribution in [0.5, 0.6) is 11.5 Å². The predicted molar refractivity (Wildman–Crippen MR) is 143 cm³/mol. The number of rotatable bonds is 8. The van der Waals surface area contributed by atoms with Crippen molar-refractivity contribution in [2.45, 2.75) is 19.9 Å². The fourth-order valence-electron chi connectivity index (χ4n) is 4.44. The van der Waals surface area contributed by atoms with E-state index in [9.17, 15) is 14.4 Å². The molecule has 1 atom stereocenters. The third-order valence-corrected chi connectivity index (χ3v) is 7.23. The van der Waals surface area contributed by atoms with Gasteiger partial charge in [0, 0.05) is 0 Å². The highest BCUT2D eigenvalue weighted by molar-refractivity contribution is 7.17. The van der Waals surface area contributed by atoms with Crippen LogP contribution in [0.15, 0.2) is 64.3 Å². The Hall–Kier alpha value is -4.44. The monoisotopic (exact) mass is 532 g/mol.